The maximum Gasteiger partial charge on any atom is 0.333 e. The highest BCUT2D eigenvalue weighted by Crippen LogP contribution is 2.28. The fourth-order valence-electron chi connectivity index (χ4n) is 2.44. The number of aliphatic hydroxyl groups excluding tert-OH is 4. The molecule has 0 amide bonds. The summed E-state index contributed by atoms with van der Waals surface area (Å²) in [6.07, 6.45) is -4.90. The highest BCUT2D eigenvalue weighted by Gasteiger charge is 2.45. The molecule has 26 heavy (non-hydrogen) atoms. The molecule has 0 spiro atoms. The first-order chi connectivity index (χ1) is 12.4. The lowest BCUT2D eigenvalue weighted by atomic mass is 9.99. The Labute approximate surface area is 150 Å². The lowest BCUT2D eigenvalue weighted by Gasteiger charge is -2.38. The van der Waals surface area contributed by atoms with Gasteiger partial charge in [-0.15, -0.1) is 0 Å². The van der Waals surface area contributed by atoms with E-state index in [1.54, 1.807) is 18.2 Å². The number of esters is 1. The van der Waals surface area contributed by atoms with Crippen molar-refractivity contribution in [2.24, 2.45) is 0 Å². The third-order valence-corrected chi connectivity index (χ3v) is 3.90. The lowest BCUT2D eigenvalue weighted by molar-refractivity contribution is -0.291. The van der Waals surface area contributed by atoms with Crippen LogP contribution in [0.5, 0.6) is 11.5 Å². The molecule has 144 valence electrons. The molecule has 9 nitrogen and oxygen atoms in total. The Morgan fingerprint density at radius 3 is 2.42 bits per heavy atom. The zero-order valence-electron chi connectivity index (χ0n) is 14.3. The maximum atomic E-state index is 11.9. The van der Waals surface area contributed by atoms with Gasteiger partial charge in [-0.3, -0.25) is 0 Å². The van der Waals surface area contributed by atoms with E-state index in [2.05, 4.69) is 0 Å². The molecule has 5 atom stereocenters. The molecule has 0 unspecified atom stereocenters. The number of hydrogen-bond donors (Lipinski definition) is 4. The van der Waals surface area contributed by atoms with Crippen LogP contribution in [0.2, 0.25) is 0 Å². The van der Waals surface area contributed by atoms with Crippen LogP contribution in [0.15, 0.2) is 24.3 Å². The van der Waals surface area contributed by atoms with Gasteiger partial charge in [-0.05, 0) is 23.8 Å². The smallest absolute Gasteiger partial charge is 0.333 e. The topological polar surface area (TPSA) is 135 Å². The van der Waals surface area contributed by atoms with Crippen molar-refractivity contribution in [1.82, 2.24) is 0 Å². The number of carbonyl (C=O) groups is 1. The number of hydrogen-bond acceptors (Lipinski definition) is 9. The van der Waals surface area contributed by atoms with E-state index in [1.807, 2.05) is 0 Å². The van der Waals surface area contributed by atoms with Crippen LogP contribution in [-0.2, 0) is 14.3 Å². The van der Waals surface area contributed by atoms with Crippen molar-refractivity contribution in [1.29, 1.82) is 0 Å². The molecular weight excluding hydrogens is 348 g/mol. The van der Waals surface area contributed by atoms with Gasteiger partial charge in [0.05, 0.1) is 20.8 Å². The molecule has 1 heterocycles. The summed E-state index contributed by atoms with van der Waals surface area (Å²) < 4.78 is 20.3. The highest BCUT2D eigenvalue weighted by molar-refractivity contribution is 5.87. The Balaban J connectivity index is 2.02. The Hall–Kier alpha value is -2.17. The molecular formula is C17H22O9. The average molecular weight is 370 g/mol. The minimum absolute atomic E-state index is 0.483. The summed E-state index contributed by atoms with van der Waals surface area (Å²) in [5.41, 5.74) is 0.633. The van der Waals surface area contributed by atoms with Crippen molar-refractivity contribution in [3.05, 3.63) is 29.8 Å². The van der Waals surface area contributed by atoms with Crippen LogP contribution in [0.1, 0.15) is 5.56 Å². The maximum absolute atomic E-state index is 11.9. The molecule has 0 radical (unpaired) electrons. The highest BCUT2D eigenvalue weighted by atomic mass is 16.7. The van der Waals surface area contributed by atoms with Crippen molar-refractivity contribution in [2.75, 3.05) is 20.8 Å². The van der Waals surface area contributed by atoms with Crippen LogP contribution in [0.4, 0.5) is 0 Å². The molecule has 0 bridgehead atoms. The van der Waals surface area contributed by atoms with E-state index in [-0.39, 0.29) is 0 Å². The SMILES string of the molecule is COc1ccc(/C=C/C(=O)O[C@@H]2O[C@H](CO)[C@@H](O)[C@H](O)[C@H]2O)cc1OC. The molecule has 1 aromatic rings. The van der Waals surface area contributed by atoms with Gasteiger partial charge >= 0.3 is 5.97 Å². The average Bonchev–Trinajstić information content (AvgIpc) is 2.66. The predicted molar refractivity (Wildman–Crippen MR) is 88.4 cm³/mol. The summed E-state index contributed by atoms with van der Waals surface area (Å²) in [6.45, 7) is -0.611. The molecule has 9 heteroatoms. The second kappa shape index (κ2) is 8.97. The van der Waals surface area contributed by atoms with Crippen LogP contribution in [0.25, 0.3) is 6.08 Å². The Morgan fingerprint density at radius 1 is 1.12 bits per heavy atom. The minimum Gasteiger partial charge on any atom is -0.493 e. The van der Waals surface area contributed by atoms with Gasteiger partial charge in [-0.2, -0.15) is 0 Å². The van der Waals surface area contributed by atoms with Gasteiger partial charge in [-0.25, -0.2) is 4.79 Å². The zero-order chi connectivity index (χ0) is 19.3. The normalized spacial score (nSPS) is 28.8. The van der Waals surface area contributed by atoms with E-state index in [1.165, 1.54) is 20.3 Å². The van der Waals surface area contributed by atoms with E-state index in [4.69, 9.17) is 24.1 Å². The van der Waals surface area contributed by atoms with Crippen molar-refractivity contribution in [3.63, 3.8) is 0 Å². The Bertz CT molecular complexity index is 643. The van der Waals surface area contributed by atoms with Crippen LogP contribution in [-0.4, -0.2) is 77.9 Å². The third kappa shape index (κ3) is 4.51. The molecule has 1 aliphatic rings. The van der Waals surface area contributed by atoms with Crippen molar-refractivity contribution in [2.45, 2.75) is 30.7 Å². The summed E-state index contributed by atoms with van der Waals surface area (Å²) in [5.74, 6) is 0.176. The van der Waals surface area contributed by atoms with Gasteiger partial charge in [0.2, 0.25) is 6.29 Å². The third-order valence-electron chi connectivity index (χ3n) is 3.90. The summed E-state index contributed by atoms with van der Waals surface area (Å²) in [5, 5.41) is 38.3. The molecule has 0 saturated carbocycles. The first-order valence-corrected chi connectivity index (χ1v) is 7.82. The number of ether oxygens (including phenoxy) is 4. The number of rotatable bonds is 6. The molecule has 4 N–H and O–H groups in total. The summed E-state index contributed by atoms with van der Waals surface area (Å²) in [4.78, 5) is 11.9. The van der Waals surface area contributed by atoms with Crippen LogP contribution >= 0.6 is 0 Å². The minimum atomic E-state index is -1.65. The number of aliphatic hydroxyl groups is 4. The van der Waals surface area contributed by atoms with Gasteiger partial charge in [0.15, 0.2) is 11.5 Å². The van der Waals surface area contributed by atoms with E-state index in [9.17, 15) is 20.1 Å². The lowest BCUT2D eigenvalue weighted by Crippen LogP contribution is -2.59. The zero-order valence-corrected chi connectivity index (χ0v) is 14.3. The Kier molecular flexibility index (Phi) is 6.95. The summed E-state index contributed by atoms with van der Waals surface area (Å²) >= 11 is 0. The van der Waals surface area contributed by atoms with Crippen LogP contribution < -0.4 is 9.47 Å². The Morgan fingerprint density at radius 2 is 1.81 bits per heavy atom. The summed E-state index contributed by atoms with van der Waals surface area (Å²) in [7, 11) is 2.99. The largest absolute Gasteiger partial charge is 0.493 e. The fourth-order valence-corrected chi connectivity index (χ4v) is 2.44. The van der Waals surface area contributed by atoms with Gasteiger partial charge in [0.1, 0.15) is 24.4 Å². The van der Waals surface area contributed by atoms with Crippen molar-refractivity contribution < 1.29 is 44.2 Å². The quantitative estimate of drug-likeness (QED) is 0.370. The second-order valence-electron chi connectivity index (χ2n) is 5.58. The molecule has 0 aliphatic carbocycles. The number of benzene rings is 1. The van der Waals surface area contributed by atoms with E-state index < -0.39 is 43.3 Å². The standard InChI is InChI=1S/C17H22O9/c1-23-10-5-3-9(7-11(10)24-2)4-6-13(19)26-17-16(22)15(21)14(20)12(8-18)25-17/h3-7,12,14-18,20-22H,8H2,1-2H3/b6-4+/t12-,14-,15+,16-,17+/m1/s1. The predicted octanol–water partition coefficient (Wildman–Crippen LogP) is -0.940. The van der Waals surface area contributed by atoms with Crippen LogP contribution in [0, 0.1) is 0 Å². The van der Waals surface area contributed by atoms with Gasteiger partial charge in [0.25, 0.3) is 0 Å². The molecule has 1 aromatic carbocycles. The number of carbonyl (C=O) groups excluding carboxylic acids is 1. The molecule has 2 rings (SSSR count). The van der Waals surface area contributed by atoms with Gasteiger partial charge in [-0.1, -0.05) is 6.07 Å². The number of methoxy groups -OCH3 is 2. The van der Waals surface area contributed by atoms with Gasteiger partial charge < -0.3 is 39.4 Å². The first-order valence-electron chi connectivity index (χ1n) is 7.82. The van der Waals surface area contributed by atoms with Crippen molar-refractivity contribution in [3.8, 4) is 11.5 Å². The molecule has 1 saturated heterocycles. The first kappa shape index (κ1) is 20.1. The molecule has 1 fully saturated rings. The van der Waals surface area contributed by atoms with Crippen molar-refractivity contribution >= 4 is 12.0 Å². The fraction of sp³-hybridized carbons (Fsp3) is 0.471. The second-order valence-corrected chi connectivity index (χ2v) is 5.58. The van der Waals surface area contributed by atoms with E-state index in [0.29, 0.717) is 17.1 Å². The van der Waals surface area contributed by atoms with Crippen LogP contribution in [0.3, 0.4) is 0 Å². The van der Waals surface area contributed by atoms with Gasteiger partial charge in [0, 0.05) is 6.08 Å². The molecule has 1 aliphatic heterocycles. The summed E-state index contributed by atoms with van der Waals surface area (Å²) in [6, 6.07) is 5.01. The monoisotopic (exact) mass is 370 g/mol. The molecule has 0 aromatic heterocycles. The van der Waals surface area contributed by atoms with E-state index >= 15 is 0 Å². The van der Waals surface area contributed by atoms with E-state index in [0.717, 1.165) is 6.08 Å².